The van der Waals surface area contributed by atoms with Crippen molar-refractivity contribution in [3.8, 4) is 0 Å². The summed E-state index contributed by atoms with van der Waals surface area (Å²) in [6.45, 7) is 3.96. The summed E-state index contributed by atoms with van der Waals surface area (Å²) >= 11 is 3.18. The van der Waals surface area contributed by atoms with Gasteiger partial charge in [-0.15, -0.1) is 0 Å². The molecule has 0 saturated carbocycles. The number of nitrogens with one attached hydrogen (secondary N) is 1. The molecule has 0 saturated heterocycles. The van der Waals surface area contributed by atoms with Gasteiger partial charge in [-0.2, -0.15) is 5.10 Å². The van der Waals surface area contributed by atoms with Crippen LogP contribution in [-0.2, 0) is 16.1 Å². The molecule has 1 heterocycles. The van der Waals surface area contributed by atoms with Crippen LogP contribution in [0.3, 0.4) is 0 Å². The lowest BCUT2D eigenvalue weighted by Gasteiger charge is -2.14. The number of esters is 1. The van der Waals surface area contributed by atoms with Crippen molar-refractivity contribution in [2.45, 2.75) is 26.4 Å². The summed E-state index contributed by atoms with van der Waals surface area (Å²) in [4.78, 5) is 23.0. The van der Waals surface area contributed by atoms with Crippen LogP contribution >= 0.6 is 15.9 Å². The first-order valence-electron chi connectivity index (χ1n) is 5.11. The van der Waals surface area contributed by atoms with E-state index in [-0.39, 0.29) is 5.56 Å². The average molecular weight is 304 g/mol. The summed E-state index contributed by atoms with van der Waals surface area (Å²) in [5.74, 6) is -0.406. The number of aromatic nitrogens is 2. The Kier molecular flexibility index (Phi) is 4.68. The predicted octanol–water partition coefficient (Wildman–Crippen LogP) is 0.999. The highest BCUT2D eigenvalue weighted by Gasteiger charge is 2.16. The van der Waals surface area contributed by atoms with Crippen LogP contribution in [0, 0.1) is 0 Å². The molecule has 0 aliphatic carbocycles. The maximum Gasteiger partial charge on any atom is 0.327 e. The molecule has 6 nitrogen and oxygen atoms in total. The fourth-order valence-electron chi connectivity index (χ4n) is 1.26. The summed E-state index contributed by atoms with van der Waals surface area (Å²) in [7, 11) is 1.31. The minimum absolute atomic E-state index is 0.241. The lowest BCUT2D eigenvalue weighted by Crippen LogP contribution is -2.30. The predicted molar refractivity (Wildman–Crippen MR) is 67.0 cm³/mol. The Morgan fingerprint density at radius 3 is 2.88 bits per heavy atom. The van der Waals surface area contributed by atoms with Crippen molar-refractivity contribution in [1.29, 1.82) is 0 Å². The summed E-state index contributed by atoms with van der Waals surface area (Å²) in [6.07, 6.45) is 1.49. The van der Waals surface area contributed by atoms with Gasteiger partial charge in [-0.1, -0.05) is 0 Å². The lowest BCUT2D eigenvalue weighted by atomic mass is 10.3. The van der Waals surface area contributed by atoms with Gasteiger partial charge in [-0.3, -0.25) is 4.79 Å². The zero-order chi connectivity index (χ0) is 13.0. The second kappa shape index (κ2) is 5.81. The van der Waals surface area contributed by atoms with E-state index in [1.165, 1.54) is 18.0 Å². The Hall–Kier alpha value is -1.37. The fourth-order valence-corrected chi connectivity index (χ4v) is 1.68. The molecule has 1 atom stereocenters. The molecular weight excluding hydrogens is 290 g/mol. The molecule has 1 rings (SSSR count). The van der Waals surface area contributed by atoms with E-state index in [0.717, 1.165) is 0 Å². The van der Waals surface area contributed by atoms with E-state index in [9.17, 15) is 9.59 Å². The quantitative estimate of drug-likeness (QED) is 0.840. The Labute approximate surface area is 107 Å². The highest BCUT2D eigenvalue weighted by Crippen LogP contribution is 2.17. The van der Waals surface area contributed by atoms with Crippen LogP contribution < -0.4 is 10.9 Å². The Balaban J connectivity index is 2.97. The van der Waals surface area contributed by atoms with E-state index >= 15 is 0 Å². The fraction of sp³-hybridized carbons (Fsp3) is 0.500. The molecule has 0 fully saturated rings. The van der Waals surface area contributed by atoms with Crippen molar-refractivity contribution >= 4 is 27.6 Å². The summed E-state index contributed by atoms with van der Waals surface area (Å²) in [5, 5.41) is 6.81. The summed E-state index contributed by atoms with van der Waals surface area (Å²) in [5.41, 5.74) is 0.229. The SMILES string of the molecule is CCn1ncc(NC(C)C(=O)OC)c(Br)c1=O. The minimum atomic E-state index is -0.546. The van der Waals surface area contributed by atoms with Crippen molar-refractivity contribution < 1.29 is 9.53 Å². The number of rotatable bonds is 4. The molecule has 1 unspecified atom stereocenters. The van der Waals surface area contributed by atoms with Gasteiger partial charge in [0.05, 0.1) is 19.0 Å². The van der Waals surface area contributed by atoms with Gasteiger partial charge in [0.25, 0.3) is 5.56 Å². The van der Waals surface area contributed by atoms with Crippen molar-refractivity contribution in [3.63, 3.8) is 0 Å². The molecule has 17 heavy (non-hydrogen) atoms. The van der Waals surface area contributed by atoms with Gasteiger partial charge in [-0.05, 0) is 29.8 Å². The van der Waals surface area contributed by atoms with Crippen LogP contribution in [0.2, 0.25) is 0 Å². The van der Waals surface area contributed by atoms with Crippen molar-refractivity contribution in [1.82, 2.24) is 9.78 Å². The van der Waals surface area contributed by atoms with E-state index < -0.39 is 12.0 Å². The van der Waals surface area contributed by atoms with Gasteiger partial charge in [0.15, 0.2) is 0 Å². The third-order valence-corrected chi connectivity index (χ3v) is 2.98. The number of halogens is 1. The molecule has 0 spiro atoms. The molecule has 1 aromatic heterocycles. The molecule has 0 aliphatic heterocycles. The van der Waals surface area contributed by atoms with E-state index in [1.807, 2.05) is 6.92 Å². The van der Waals surface area contributed by atoms with Gasteiger partial charge >= 0.3 is 5.97 Å². The van der Waals surface area contributed by atoms with Crippen molar-refractivity contribution in [2.75, 3.05) is 12.4 Å². The van der Waals surface area contributed by atoms with E-state index in [1.54, 1.807) is 6.92 Å². The number of hydrogen-bond acceptors (Lipinski definition) is 5. The summed E-state index contributed by atoms with van der Waals surface area (Å²) < 4.78 is 6.25. The number of hydrogen-bond donors (Lipinski definition) is 1. The number of carbonyl (C=O) groups excluding carboxylic acids is 1. The van der Waals surface area contributed by atoms with Crippen LogP contribution in [0.15, 0.2) is 15.5 Å². The number of nitrogens with zero attached hydrogens (tertiary/aromatic N) is 2. The normalized spacial score (nSPS) is 12.0. The standard InChI is InChI=1S/C10H14BrN3O3/c1-4-14-9(15)8(11)7(5-12-14)13-6(2)10(16)17-3/h5-6,13H,4H2,1-3H3. The van der Waals surface area contributed by atoms with Crippen LogP contribution in [0.5, 0.6) is 0 Å². The van der Waals surface area contributed by atoms with Crippen molar-refractivity contribution in [2.24, 2.45) is 0 Å². The van der Waals surface area contributed by atoms with Crippen LogP contribution in [-0.4, -0.2) is 28.9 Å². The maximum absolute atomic E-state index is 11.7. The number of methoxy groups -OCH3 is 1. The van der Waals surface area contributed by atoms with Gasteiger partial charge in [0.2, 0.25) is 0 Å². The highest BCUT2D eigenvalue weighted by molar-refractivity contribution is 9.10. The van der Waals surface area contributed by atoms with Gasteiger partial charge in [0.1, 0.15) is 10.5 Å². The monoisotopic (exact) mass is 303 g/mol. The molecule has 0 radical (unpaired) electrons. The number of anilines is 1. The first kappa shape index (κ1) is 13.7. The second-order valence-corrected chi connectivity index (χ2v) is 4.18. The van der Waals surface area contributed by atoms with Gasteiger partial charge in [-0.25, -0.2) is 9.48 Å². The van der Waals surface area contributed by atoms with Crippen LogP contribution in [0.1, 0.15) is 13.8 Å². The Morgan fingerprint density at radius 1 is 1.71 bits per heavy atom. The third kappa shape index (κ3) is 3.06. The Bertz CT molecular complexity index is 472. The van der Waals surface area contributed by atoms with E-state index in [2.05, 4.69) is 31.1 Å². The topological polar surface area (TPSA) is 73.2 Å². The molecule has 0 aliphatic rings. The Morgan fingerprint density at radius 2 is 2.35 bits per heavy atom. The molecule has 94 valence electrons. The molecule has 7 heteroatoms. The second-order valence-electron chi connectivity index (χ2n) is 3.38. The lowest BCUT2D eigenvalue weighted by molar-refractivity contribution is -0.141. The molecular formula is C10H14BrN3O3. The first-order valence-corrected chi connectivity index (χ1v) is 5.90. The average Bonchev–Trinajstić information content (AvgIpc) is 2.34. The zero-order valence-electron chi connectivity index (χ0n) is 9.86. The molecule has 0 aromatic carbocycles. The van der Waals surface area contributed by atoms with Gasteiger partial charge < -0.3 is 10.1 Å². The molecule has 0 bridgehead atoms. The maximum atomic E-state index is 11.7. The number of carbonyl (C=O) groups is 1. The zero-order valence-corrected chi connectivity index (χ0v) is 11.4. The van der Waals surface area contributed by atoms with Crippen LogP contribution in [0.25, 0.3) is 0 Å². The van der Waals surface area contributed by atoms with Crippen LogP contribution in [0.4, 0.5) is 5.69 Å². The smallest absolute Gasteiger partial charge is 0.327 e. The molecule has 0 amide bonds. The van der Waals surface area contributed by atoms with E-state index in [4.69, 9.17) is 0 Å². The number of ether oxygens (including phenoxy) is 1. The highest BCUT2D eigenvalue weighted by atomic mass is 79.9. The largest absolute Gasteiger partial charge is 0.467 e. The van der Waals surface area contributed by atoms with Crippen molar-refractivity contribution in [3.05, 3.63) is 21.0 Å². The number of aryl methyl sites for hydroxylation is 1. The molecule has 1 N–H and O–H groups in total. The third-order valence-electron chi connectivity index (χ3n) is 2.21. The van der Waals surface area contributed by atoms with E-state index in [0.29, 0.717) is 16.7 Å². The van der Waals surface area contributed by atoms with Gasteiger partial charge in [0, 0.05) is 6.54 Å². The minimum Gasteiger partial charge on any atom is -0.467 e. The summed E-state index contributed by atoms with van der Waals surface area (Å²) in [6, 6.07) is -0.546. The first-order chi connectivity index (χ1) is 8.01. The molecule has 1 aromatic rings.